The fourth-order valence-corrected chi connectivity index (χ4v) is 2.01. The summed E-state index contributed by atoms with van der Waals surface area (Å²) in [4.78, 5) is 17.4. The molecule has 0 spiro atoms. The molecule has 2 heterocycles. The maximum atomic E-state index is 11.4. The van der Waals surface area contributed by atoms with E-state index in [2.05, 4.69) is 10.3 Å². The number of likely N-dealkylation sites (tertiary alicyclic amines) is 1. The number of hydrogen-bond acceptors (Lipinski definition) is 4. The van der Waals surface area contributed by atoms with Crippen LogP contribution in [0.3, 0.4) is 0 Å². The lowest BCUT2D eigenvalue weighted by atomic mass is 10.1. The summed E-state index contributed by atoms with van der Waals surface area (Å²) in [6, 6.07) is 2.12. The third kappa shape index (κ3) is 2.49. The number of amides is 1. The van der Waals surface area contributed by atoms with E-state index in [9.17, 15) is 4.79 Å². The topological polar surface area (TPSA) is 71.2 Å². The highest BCUT2D eigenvalue weighted by atomic mass is 16.2. The number of carbonyl (C=O) groups excluding carboxylic acids is 1. The summed E-state index contributed by atoms with van der Waals surface area (Å²) in [7, 11) is 1.82. The van der Waals surface area contributed by atoms with Gasteiger partial charge in [-0.1, -0.05) is 0 Å². The number of anilines is 2. The van der Waals surface area contributed by atoms with Gasteiger partial charge in [0.2, 0.25) is 5.91 Å². The molecule has 1 amide bonds. The highest BCUT2D eigenvalue weighted by Crippen LogP contribution is 2.22. The average molecular weight is 234 g/mol. The lowest BCUT2D eigenvalue weighted by Gasteiger charge is -2.30. The fraction of sp³-hybridized carbons (Fsp3) is 0.500. The van der Waals surface area contributed by atoms with Crippen molar-refractivity contribution in [1.82, 2.24) is 9.88 Å². The van der Waals surface area contributed by atoms with E-state index in [1.54, 1.807) is 11.1 Å². The predicted octanol–water partition coefficient (Wildman–Crippen LogP) is 1.00. The molecule has 0 aromatic carbocycles. The minimum Gasteiger partial charge on any atom is -0.396 e. The Hall–Kier alpha value is -1.78. The number of nitrogens with one attached hydrogen (secondary N) is 1. The van der Waals surface area contributed by atoms with Crippen LogP contribution in [0.5, 0.6) is 0 Å². The Balaban J connectivity index is 2.06. The minimum absolute atomic E-state index is 0.202. The average Bonchev–Trinajstić information content (AvgIpc) is 2.30. The van der Waals surface area contributed by atoms with Gasteiger partial charge in [0.1, 0.15) is 5.82 Å². The van der Waals surface area contributed by atoms with E-state index in [0.717, 1.165) is 17.8 Å². The van der Waals surface area contributed by atoms with Gasteiger partial charge in [-0.2, -0.15) is 0 Å². The molecule has 0 saturated carbocycles. The number of pyridine rings is 1. The zero-order chi connectivity index (χ0) is 12.4. The minimum atomic E-state index is 0.202. The summed E-state index contributed by atoms with van der Waals surface area (Å²) in [6.07, 6.45) is 3.16. The smallest absolute Gasteiger partial charge is 0.222 e. The maximum absolute atomic E-state index is 11.4. The third-order valence-electron chi connectivity index (χ3n) is 3.18. The van der Waals surface area contributed by atoms with Crippen LogP contribution < -0.4 is 11.1 Å². The van der Waals surface area contributed by atoms with Crippen LogP contribution in [0.4, 0.5) is 11.5 Å². The summed E-state index contributed by atoms with van der Waals surface area (Å²) in [5.41, 5.74) is 7.66. The normalized spacial score (nSPS) is 20.5. The first-order chi connectivity index (χ1) is 8.08. The van der Waals surface area contributed by atoms with Crippen LogP contribution in [0, 0.1) is 6.92 Å². The molecule has 1 aliphatic heterocycles. The molecule has 0 radical (unpaired) electrons. The van der Waals surface area contributed by atoms with Crippen molar-refractivity contribution in [2.24, 2.45) is 0 Å². The summed E-state index contributed by atoms with van der Waals surface area (Å²) in [6.45, 7) is 2.66. The van der Waals surface area contributed by atoms with Gasteiger partial charge in [-0.15, -0.1) is 0 Å². The number of likely N-dealkylation sites (N-methyl/N-ethyl adjacent to an activating group) is 1. The molecule has 1 fully saturated rings. The second kappa shape index (κ2) is 4.61. The first kappa shape index (κ1) is 11.7. The van der Waals surface area contributed by atoms with E-state index in [1.807, 2.05) is 20.0 Å². The lowest BCUT2D eigenvalue weighted by molar-refractivity contribution is -0.132. The van der Waals surface area contributed by atoms with Crippen LogP contribution in [0.15, 0.2) is 12.3 Å². The number of aromatic nitrogens is 1. The lowest BCUT2D eigenvalue weighted by Crippen LogP contribution is -2.43. The zero-order valence-corrected chi connectivity index (χ0v) is 10.2. The molecule has 0 aliphatic carbocycles. The Morgan fingerprint density at radius 2 is 2.35 bits per heavy atom. The van der Waals surface area contributed by atoms with Gasteiger partial charge in [-0.25, -0.2) is 4.98 Å². The van der Waals surface area contributed by atoms with Gasteiger partial charge in [-0.05, 0) is 25.0 Å². The van der Waals surface area contributed by atoms with Crippen molar-refractivity contribution in [3.8, 4) is 0 Å². The number of nitrogen functional groups attached to an aromatic ring is 1. The number of nitrogens with two attached hydrogens (primary N) is 1. The van der Waals surface area contributed by atoms with Gasteiger partial charge in [0, 0.05) is 32.3 Å². The first-order valence-electron chi connectivity index (χ1n) is 5.79. The number of aryl methyl sites for hydroxylation is 1. The summed E-state index contributed by atoms with van der Waals surface area (Å²) in [5.74, 6) is 0.922. The van der Waals surface area contributed by atoms with Crippen molar-refractivity contribution in [3.63, 3.8) is 0 Å². The van der Waals surface area contributed by atoms with Crippen molar-refractivity contribution < 1.29 is 4.79 Å². The van der Waals surface area contributed by atoms with Crippen LogP contribution in [-0.4, -0.2) is 35.4 Å². The molecule has 0 bridgehead atoms. The van der Waals surface area contributed by atoms with E-state index in [-0.39, 0.29) is 11.9 Å². The molecule has 3 N–H and O–H groups in total. The van der Waals surface area contributed by atoms with Gasteiger partial charge in [0.05, 0.1) is 5.69 Å². The van der Waals surface area contributed by atoms with Crippen LogP contribution in [0.1, 0.15) is 18.4 Å². The molecule has 1 aromatic rings. The number of piperidine rings is 1. The van der Waals surface area contributed by atoms with Gasteiger partial charge >= 0.3 is 0 Å². The molecule has 5 heteroatoms. The molecular formula is C12H18N4O. The highest BCUT2D eigenvalue weighted by Gasteiger charge is 2.23. The standard InChI is InChI=1S/C12H18N4O/c1-8-5-6-14-12(11(8)13)15-9-3-4-10(17)16(2)7-9/h5-6,9H,3-4,7,13H2,1-2H3,(H,14,15). The summed E-state index contributed by atoms with van der Waals surface area (Å²) >= 11 is 0. The molecule has 1 aromatic heterocycles. The number of rotatable bonds is 2. The van der Waals surface area contributed by atoms with Crippen LogP contribution in [0.25, 0.3) is 0 Å². The van der Waals surface area contributed by atoms with Crippen molar-refractivity contribution in [1.29, 1.82) is 0 Å². The van der Waals surface area contributed by atoms with Crippen molar-refractivity contribution in [2.75, 3.05) is 24.6 Å². The summed E-state index contributed by atoms with van der Waals surface area (Å²) < 4.78 is 0. The van der Waals surface area contributed by atoms with Crippen LogP contribution in [0.2, 0.25) is 0 Å². The number of carbonyl (C=O) groups is 1. The van der Waals surface area contributed by atoms with E-state index in [1.165, 1.54) is 0 Å². The number of hydrogen-bond donors (Lipinski definition) is 2. The Kier molecular flexibility index (Phi) is 3.17. The monoisotopic (exact) mass is 234 g/mol. The molecule has 1 unspecified atom stereocenters. The molecule has 1 atom stereocenters. The summed E-state index contributed by atoms with van der Waals surface area (Å²) in [5, 5.41) is 3.31. The van der Waals surface area contributed by atoms with E-state index >= 15 is 0 Å². The van der Waals surface area contributed by atoms with Crippen LogP contribution >= 0.6 is 0 Å². The van der Waals surface area contributed by atoms with Gasteiger partial charge in [0.15, 0.2) is 0 Å². The molecule has 1 saturated heterocycles. The van der Waals surface area contributed by atoms with Gasteiger partial charge in [-0.3, -0.25) is 4.79 Å². The predicted molar refractivity (Wildman–Crippen MR) is 67.7 cm³/mol. The Labute approximate surface area is 101 Å². The molecule has 17 heavy (non-hydrogen) atoms. The van der Waals surface area contributed by atoms with E-state index in [4.69, 9.17) is 5.73 Å². The third-order valence-corrected chi connectivity index (χ3v) is 3.18. The van der Waals surface area contributed by atoms with E-state index in [0.29, 0.717) is 18.7 Å². The second-order valence-electron chi connectivity index (χ2n) is 4.54. The molecule has 5 nitrogen and oxygen atoms in total. The van der Waals surface area contributed by atoms with Crippen LogP contribution in [-0.2, 0) is 4.79 Å². The Morgan fingerprint density at radius 3 is 3.06 bits per heavy atom. The Morgan fingerprint density at radius 1 is 1.59 bits per heavy atom. The van der Waals surface area contributed by atoms with E-state index < -0.39 is 0 Å². The van der Waals surface area contributed by atoms with Gasteiger partial charge < -0.3 is 16.0 Å². The van der Waals surface area contributed by atoms with Gasteiger partial charge in [0.25, 0.3) is 0 Å². The van der Waals surface area contributed by atoms with Crippen molar-refractivity contribution in [3.05, 3.63) is 17.8 Å². The van der Waals surface area contributed by atoms with Crippen molar-refractivity contribution >= 4 is 17.4 Å². The quantitative estimate of drug-likeness (QED) is 0.801. The maximum Gasteiger partial charge on any atom is 0.222 e. The number of nitrogens with zero attached hydrogens (tertiary/aromatic N) is 2. The SMILES string of the molecule is Cc1ccnc(NC2CCC(=O)N(C)C2)c1N. The first-order valence-corrected chi connectivity index (χ1v) is 5.79. The fourth-order valence-electron chi connectivity index (χ4n) is 2.01. The Bertz CT molecular complexity index is 433. The molecule has 92 valence electrons. The molecule has 2 rings (SSSR count). The largest absolute Gasteiger partial charge is 0.396 e. The highest BCUT2D eigenvalue weighted by molar-refractivity contribution is 5.77. The second-order valence-corrected chi connectivity index (χ2v) is 4.54. The molecular weight excluding hydrogens is 216 g/mol. The molecule has 1 aliphatic rings. The zero-order valence-electron chi connectivity index (χ0n) is 10.2. The van der Waals surface area contributed by atoms with Crippen molar-refractivity contribution in [2.45, 2.75) is 25.8 Å².